The highest BCUT2D eigenvalue weighted by Crippen LogP contribution is 2.79. The summed E-state index contributed by atoms with van der Waals surface area (Å²) in [6.07, 6.45) is 6.44. The average molecular weight is 219 g/mol. The van der Waals surface area contributed by atoms with E-state index in [1.165, 1.54) is 19.3 Å². The molecule has 0 aliphatic heterocycles. The molecule has 2 saturated carbocycles. The molecule has 0 heterocycles. The van der Waals surface area contributed by atoms with E-state index in [-0.39, 0.29) is 5.54 Å². The Bertz CT molecular complexity index is 356. The van der Waals surface area contributed by atoms with Gasteiger partial charge in [-0.15, -0.1) is 0 Å². The minimum atomic E-state index is 0.150. The Labute approximate surface area is 99.5 Å². The van der Waals surface area contributed by atoms with Crippen molar-refractivity contribution in [1.29, 1.82) is 0 Å². The van der Waals surface area contributed by atoms with Gasteiger partial charge in [-0.25, -0.2) is 0 Å². The van der Waals surface area contributed by atoms with Crippen LogP contribution < -0.4 is 5.73 Å². The SMILES string of the molecule is CC1=CCC23C1[C@]2(N)[C@@H](C(C)C)CC[C@@H]3C. The molecular formula is C15H25N. The molecular weight excluding hydrogens is 194 g/mol. The topological polar surface area (TPSA) is 26.0 Å². The maximum atomic E-state index is 6.88. The monoisotopic (exact) mass is 219 g/mol. The number of hydrogen-bond acceptors (Lipinski definition) is 1. The molecule has 1 nitrogen and oxygen atoms in total. The van der Waals surface area contributed by atoms with Crippen LogP contribution in [0, 0.1) is 29.1 Å². The standard InChI is InChI=1S/C15H25N/c1-9(2)12-6-5-11(4)14-8-7-10(3)13(14)15(12,14)16/h7,9,11-13H,5-6,8,16H2,1-4H3/t11-,12+,13?,14?,15+/m0/s1. The zero-order chi connectivity index (χ0) is 11.7. The van der Waals surface area contributed by atoms with E-state index in [1.54, 1.807) is 5.57 Å². The van der Waals surface area contributed by atoms with Crippen LogP contribution in [0.2, 0.25) is 0 Å². The van der Waals surface area contributed by atoms with Crippen molar-refractivity contribution < 1.29 is 0 Å². The fraction of sp³-hybridized carbons (Fsp3) is 0.867. The molecule has 1 heteroatoms. The van der Waals surface area contributed by atoms with Gasteiger partial charge >= 0.3 is 0 Å². The Morgan fingerprint density at radius 1 is 1.38 bits per heavy atom. The van der Waals surface area contributed by atoms with E-state index >= 15 is 0 Å². The highest BCUT2D eigenvalue weighted by molar-refractivity contribution is 5.45. The van der Waals surface area contributed by atoms with Crippen LogP contribution in [0.25, 0.3) is 0 Å². The van der Waals surface area contributed by atoms with Crippen LogP contribution in [-0.4, -0.2) is 5.54 Å². The lowest BCUT2D eigenvalue weighted by Gasteiger charge is -2.41. The number of fused-ring (bicyclic) bond motifs is 1. The Morgan fingerprint density at radius 2 is 2.06 bits per heavy atom. The summed E-state index contributed by atoms with van der Waals surface area (Å²) in [6.45, 7) is 9.45. The van der Waals surface area contributed by atoms with Gasteiger partial charge in [-0.1, -0.05) is 32.4 Å². The van der Waals surface area contributed by atoms with Crippen LogP contribution in [0.15, 0.2) is 11.6 Å². The largest absolute Gasteiger partial charge is 0.324 e. The minimum Gasteiger partial charge on any atom is -0.324 e. The molecule has 90 valence electrons. The molecule has 3 aliphatic carbocycles. The summed E-state index contributed by atoms with van der Waals surface area (Å²) in [5.41, 5.74) is 9.08. The maximum Gasteiger partial charge on any atom is 0.0326 e. The van der Waals surface area contributed by atoms with Gasteiger partial charge in [0.2, 0.25) is 0 Å². The Balaban J connectivity index is 2.02. The van der Waals surface area contributed by atoms with Crippen molar-refractivity contribution in [2.24, 2.45) is 34.8 Å². The number of nitrogens with two attached hydrogens (primary N) is 1. The summed E-state index contributed by atoms with van der Waals surface area (Å²) in [5.74, 6) is 3.03. The summed E-state index contributed by atoms with van der Waals surface area (Å²) >= 11 is 0. The van der Waals surface area contributed by atoms with Crippen LogP contribution in [0.3, 0.4) is 0 Å². The average Bonchev–Trinajstić information content (AvgIpc) is 2.57. The van der Waals surface area contributed by atoms with Crippen molar-refractivity contribution in [3.05, 3.63) is 11.6 Å². The second-order valence-corrected chi connectivity index (χ2v) is 6.89. The third kappa shape index (κ3) is 0.895. The molecule has 1 spiro atoms. The first-order valence-electron chi connectivity index (χ1n) is 6.91. The van der Waals surface area contributed by atoms with E-state index < -0.39 is 0 Å². The normalized spacial score (nSPS) is 54.6. The Morgan fingerprint density at radius 3 is 2.69 bits per heavy atom. The third-order valence-electron chi connectivity index (χ3n) is 6.14. The van der Waals surface area contributed by atoms with Crippen molar-refractivity contribution in [2.45, 2.75) is 52.5 Å². The molecule has 2 unspecified atom stereocenters. The van der Waals surface area contributed by atoms with Crippen LogP contribution >= 0.6 is 0 Å². The van der Waals surface area contributed by atoms with Gasteiger partial charge in [-0.3, -0.25) is 0 Å². The van der Waals surface area contributed by atoms with Gasteiger partial charge in [-0.05, 0) is 43.9 Å². The van der Waals surface area contributed by atoms with Crippen molar-refractivity contribution in [1.82, 2.24) is 0 Å². The molecule has 3 rings (SSSR count). The van der Waals surface area contributed by atoms with Gasteiger partial charge in [0.1, 0.15) is 0 Å². The number of allylic oxidation sites excluding steroid dienone is 1. The first-order valence-corrected chi connectivity index (χ1v) is 6.91. The fourth-order valence-corrected chi connectivity index (χ4v) is 5.42. The third-order valence-corrected chi connectivity index (χ3v) is 6.14. The van der Waals surface area contributed by atoms with Crippen molar-refractivity contribution >= 4 is 0 Å². The van der Waals surface area contributed by atoms with Gasteiger partial charge in [0.15, 0.2) is 0 Å². The summed E-state index contributed by atoms with van der Waals surface area (Å²) in [7, 11) is 0. The lowest BCUT2D eigenvalue weighted by atomic mass is 9.67. The molecule has 0 aromatic heterocycles. The predicted octanol–water partition coefficient (Wildman–Crippen LogP) is 3.35. The van der Waals surface area contributed by atoms with Gasteiger partial charge in [0.25, 0.3) is 0 Å². The molecule has 0 radical (unpaired) electrons. The molecule has 0 saturated heterocycles. The van der Waals surface area contributed by atoms with E-state index in [0.717, 1.165) is 17.8 Å². The molecule has 0 aromatic carbocycles. The molecule has 2 N–H and O–H groups in total. The van der Waals surface area contributed by atoms with Crippen molar-refractivity contribution in [2.75, 3.05) is 0 Å². The number of rotatable bonds is 1. The molecule has 3 aliphatic rings. The first-order chi connectivity index (χ1) is 7.46. The molecule has 2 fully saturated rings. The molecule has 0 amide bonds. The molecule has 16 heavy (non-hydrogen) atoms. The maximum absolute atomic E-state index is 6.88. The highest BCUT2D eigenvalue weighted by atomic mass is 15.0. The zero-order valence-corrected chi connectivity index (χ0v) is 11.1. The van der Waals surface area contributed by atoms with Crippen LogP contribution in [0.5, 0.6) is 0 Å². The Kier molecular flexibility index (Phi) is 1.98. The van der Waals surface area contributed by atoms with E-state index in [4.69, 9.17) is 5.73 Å². The summed E-state index contributed by atoms with van der Waals surface area (Å²) < 4.78 is 0. The minimum absolute atomic E-state index is 0.150. The fourth-order valence-electron chi connectivity index (χ4n) is 5.42. The van der Waals surface area contributed by atoms with E-state index in [2.05, 4.69) is 33.8 Å². The number of hydrogen-bond donors (Lipinski definition) is 1. The summed E-state index contributed by atoms with van der Waals surface area (Å²) in [5, 5.41) is 0. The predicted molar refractivity (Wildman–Crippen MR) is 67.9 cm³/mol. The van der Waals surface area contributed by atoms with Crippen LogP contribution in [-0.2, 0) is 0 Å². The Hall–Kier alpha value is -0.300. The first kappa shape index (κ1) is 10.8. The lowest BCUT2D eigenvalue weighted by Crippen LogP contribution is -2.47. The molecule has 5 atom stereocenters. The lowest BCUT2D eigenvalue weighted by molar-refractivity contribution is 0.126. The van der Waals surface area contributed by atoms with E-state index in [0.29, 0.717) is 11.3 Å². The smallest absolute Gasteiger partial charge is 0.0326 e. The van der Waals surface area contributed by atoms with Gasteiger partial charge < -0.3 is 5.73 Å². The van der Waals surface area contributed by atoms with Gasteiger partial charge in [0, 0.05) is 16.9 Å². The molecule has 0 aromatic rings. The van der Waals surface area contributed by atoms with Gasteiger partial charge in [0.05, 0.1) is 0 Å². The highest BCUT2D eigenvalue weighted by Gasteiger charge is 2.81. The summed E-state index contributed by atoms with van der Waals surface area (Å²) in [6, 6.07) is 0. The zero-order valence-electron chi connectivity index (χ0n) is 11.1. The molecule has 0 bridgehead atoms. The van der Waals surface area contributed by atoms with Crippen LogP contribution in [0.4, 0.5) is 0 Å². The van der Waals surface area contributed by atoms with E-state index in [1.807, 2.05) is 0 Å². The van der Waals surface area contributed by atoms with Crippen molar-refractivity contribution in [3.63, 3.8) is 0 Å². The second-order valence-electron chi connectivity index (χ2n) is 6.89. The summed E-state index contributed by atoms with van der Waals surface area (Å²) in [4.78, 5) is 0. The van der Waals surface area contributed by atoms with E-state index in [9.17, 15) is 0 Å². The van der Waals surface area contributed by atoms with Crippen LogP contribution in [0.1, 0.15) is 47.0 Å². The van der Waals surface area contributed by atoms with Gasteiger partial charge in [-0.2, -0.15) is 0 Å². The van der Waals surface area contributed by atoms with Crippen molar-refractivity contribution in [3.8, 4) is 0 Å². The quantitative estimate of drug-likeness (QED) is 0.672. The second kappa shape index (κ2) is 2.93.